The SMILES string of the molecule is N#CCC(=O)[C@H]1CCCN1OC(=O)Cc1ccccc1. The van der Waals surface area contributed by atoms with Crippen LogP contribution in [-0.4, -0.2) is 29.4 Å². The summed E-state index contributed by atoms with van der Waals surface area (Å²) in [6.45, 7) is 0.544. The Morgan fingerprint density at radius 3 is 2.80 bits per heavy atom. The summed E-state index contributed by atoms with van der Waals surface area (Å²) in [5, 5.41) is 9.98. The molecule has 0 N–H and O–H groups in total. The summed E-state index contributed by atoms with van der Waals surface area (Å²) in [5.74, 6) is -0.564. The molecule has 5 nitrogen and oxygen atoms in total. The first-order valence-corrected chi connectivity index (χ1v) is 6.61. The Labute approximate surface area is 117 Å². The summed E-state index contributed by atoms with van der Waals surface area (Å²) in [6, 6.07) is 10.7. The monoisotopic (exact) mass is 272 g/mol. The fourth-order valence-electron chi connectivity index (χ4n) is 2.29. The zero-order chi connectivity index (χ0) is 14.4. The molecule has 1 heterocycles. The number of rotatable bonds is 5. The number of ketones is 1. The van der Waals surface area contributed by atoms with Crippen molar-refractivity contribution in [3.63, 3.8) is 0 Å². The number of nitrogens with zero attached hydrogens (tertiary/aromatic N) is 2. The molecule has 0 spiro atoms. The highest BCUT2D eigenvalue weighted by molar-refractivity contribution is 5.86. The first-order chi connectivity index (χ1) is 9.70. The second-order valence-electron chi connectivity index (χ2n) is 4.73. The van der Waals surface area contributed by atoms with Gasteiger partial charge in [0, 0.05) is 6.54 Å². The zero-order valence-corrected chi connectivity index (χ0v) is 11.1. The minimum atomic E-state index is -0.464. The Balaban J connectivity index is 1.90. The number of nitriles is 1. The average Bonchev–Trinajstić information content (AvgIpc) is 2.88. The highest BCUT2D eigenvalue weighted by Gasteiger charge is 2.33. The summed E-state index contributed by atoms with van der Waals surface area (Å²) < 4.78 is 0. The van der Waals surface area contributed by atoms with Gasteiger partial charge < -0.3 is 4.84 Å². The number of Topliss-reactive ketones (excluding diaryl/α,β-unsaturated/α-hetero) is 1. The van der Waals surface area contributed by atoms with Crippen LogP contribution in [0.3, 0.4) is 0 Å². The minimum absolute atomic E-state index is 0.141. The molecule has 1 aliphatic heterocycles. The third-order valence-electron chi connectivity index (χ3n) is 3.24. The van der Waals surface area contributed by atoms with Crippen LogP contribution in [0.15, 0.2) is 30.3 Å². The highest BCUT2D eigenvalue weighted by atomic mass is 16.7. The van der Waals surface area contributed by atoms with E-state index in [-0.39, 0.29) is 24.6 Å². The van der Waals surface area contributed by atoms with Crippen LogP contribution < -0.4 is 0 Å². The van der Waals surface area contributed by atoms with Gasteiger partial charge in [-0.25, -0.2) is 4.79 Å². The summed E-state index contributed by atoms with van der Waals surface area (Å²) in [5.41, 5.74) is 0.872. The van der Waals surface area contributed by atoms with Gasteiger partial charge in [-0.05, 0) is 18.4 Å². The first-order valence-electron chi connectivity index (χ1n) is 6.61. The molecule has 104 valence electrons. The van der Waals surface area contributed by atoms with E-state index >= 15 is 0 Å². The van der Waals surface area contributed by atoms with E-state index in [1.165, 1.54) is 5.06 Å². The smallest absolute Gasteiger partial charge is 0.329 e. The molecule has 2 rings (SSSR count). The Hall–Kier alpha value is -2.19. The van der Waals surface area contributed by atoms with Crippen LogP contribution in [0.25, 0.3) is 0 Å². The third-order valence-corrected chi connectivity index (χ3v) is 3.24. The molecule has 0 aliphatic carbocycles. The molecular formula is C15H16N2O3. The number of hydroxylamine groups is 2. The van der Waals surface area contributed by atoms with Gasteiger partial charge in [-0.2, -0.15) is 5.26 Å². The number of hydrogen-bond acceptors (Lipinski definition) is 5. The molecular weight excluding hydrogens is 256 g/mol. The van der Waals surface area contributed by atoms with Gasteiger partial charge in [-0.1, -0.05) is 30.3 Å². The molecule has 1 saturated heterocycles. The quantitative estimate of drug-likeness (QED) is 0.814. The van der Waals surface area contributed by atoms with E-state index in [2.05, 4.69) is 0 Å². The maximum atomic E-state index is 11.9. The summed E-state index contributed by atoms with van der Waals surface area (Å²) in [6.07, 6.45) is 1.47. The normalized spacial score (nSPS) is 18.4. The summed E-state index contributed by atoms with van der Waals surface area (Å²) >= 11 is 0. The number of benzene rings is 1. The lowest BCUT2D eigenvalue weighted by atomic mass is 10.1. The van der Waals surface area contributed by atoms with E-state index in [1.807, 2.05) is 36.4 Å². The summed E-state index contributed by atoms with van der Waals surface area (Å²) in [7, 11) is 0. The minimum Gasteiger partial charge on any atom is -0.367 e. The molecule has 0 radical (unpaired) electrons. The Morgan fingerprint density at radius 1 is 1.35 bits per heavy atom. The van der Waals surface area contributed by atoms with E-state index in [1.54, 1.807) is 0 Å². The van der Waals surface area contributed by atoms with Crippen LogP contribution >= 0.6 is 0 Å². The maximum Gasteiger partial charge on any atom is 0.329 e. The van der Waals surface area contributed by atoms with Crippen LogP contribution in [0.5, 0.6) is 0 Å². The first kappa shape index (κ1) is 14.2. The van der Waals surface area contributed by atoms with E-state index in [0.29, 0.717) is 13.0 Å². The Bertz CT molecular complexity index is 522. The molecule has 0 unspecified atom stereocenters. The van der Waals surface area contributed by atoms with Crippen LogP contribution in [0.1, 0.15) is 24.8 Å². The van der Waals surface area contributed by atoms with Crippen LogP contribution in [0.4, 0.5) is 0 Å². The van der Waals surface area contributed by atoms with Crippen molar-refractivity contribution in [2.24, 2.45) is 0 Å². The van der Waals surface area contributed by atoms with Crippen LogP contribution in [0.2, 0.25) is 0 Å². The van der Waals surface area contributed by atoms with Crippen molar-refractivity contribution in [2.75, 3.05) is 6.54 Å². The molecule has 0 aromatic heterocycles. The van der Waals surface area contributed by atoms with Gasteiger partial charge >= 0.3 is 5.97 Å². The molecule has 5 heteroatoms. The molecule has 1 aromatic carbocycles. The van der Waals surface area contributed by atoms with E-state index in [4.69, 9.17) is 10.1 Å². The van der Waals surface area contributed by atoms with Gasteiger partial charge in [0.1, 0.15) is 6.04 Å². The van der Waals surface area contributed by atoms with Gasteiger partial charge in [0.05, 0.1) is 18.9 Å². The molecule has 0 saturated carbocycles. The topological polar surface area (TPSA) is 70.4 Å². The van der Waals surface area contributed by atoms with E-state index in [0.717, 1.165) is 12.0 Å². The lowest BCUT2D eigenvalue weighted by molar-refractivity contribution is -0.194. The van der Waals surface area contributed by atoms with Crippen molar-refractivity contribution in [3.8, 4) is 6.07 Å². The second kappa shape index (κ2) is 6.83. The van der Waals surface area contributed by atoms with Crippen LogP contribution in [-0.2, 0) is 20.8 Å². The zero-order valence-electron chi connectivity index (χ0n) is 11.1. The predicted octanol–water partition coefficient (Wildman–Crippen LogP) is 1.63. The fraction of sp³-hybridized carbons (Fsp3) is 0.400. The lowest BCUT2D eigenvalue weighted by Crippen LogP contribution is -2.38. The molecule has 1 atom stereocenters. The molecule has 1 aromatic rings. The largest absolute Gasteiger partial charge is 0.367 e. The molecule has 1 fully saturated rings. The Kier molecular flexibility index (Phi) is 4.85. The molecule has 0 bridgehead atoms. The standard InChI is InChI=1S/C15H16N2O3/c16-9-8-14(18)13-7-4-10-17(13)20-15(19)11-12-5-2-1-3-6-12/h1-3,5-6,13H,4,7-8,10-11H2/t13-/m1/s1. The predicted molar refractivity (Wildman–Crippen MR) is 71.2 cm³/mol. The van der Waals surface area contributed by atoms with Gasteiger partial charge in [-0.3, -0.25) is 4.79 Å². The maximum absolute atomic E-state index is 11.9. The van der Waals surface area contributed by atoms with Gasteiger partial charge in [0.15, 0.2) is 5.78 Å². The fourth-order valence-corrected chi connectivity index (χ4v) is 2.29. The van der Waals surface area contributed by atoms with E-state index < -0.39 is 6.04 Å². The van der Waals surface area contributed by atoms with Crippen molar-refractivity contribution in [1.82, 2.24) is 5.06 Å². The van der Waals surface area contributed by atoms with Crippen molar-refractivity contribution >= 4 is 11.8 Å². The van der Waals surface area contributed by atoms with Gasteiger partial charge in [0.2, 0.25) is 0 Å². The number of carbonyl (C=O) groups excluding carboxylic acids is 2. The van der Waals surface area contributed by atoms with Gasteiger partial charge in [0.25, 0.3) is 0 Å². The Morgan fingerprint density at radius 2 is 2.10 bits per heavy atom. The molecule has 0 amide bonds. The molecule has 20 heavy (non-hydrogen) atoms. The number of hydrogen-bond donors (Lipinski definition) is 0. The van der Waals surface area contributed by atoms with Crippen molar-refractivity contribution in [1.29, 1.82) is 5.26 Å². The average molecular weight is 272 g/mol. The molecule has 1 aliphatic rings. The summed E-state index contributed by atoms with van der Waals surface area (Å²) in [4.78, 5) is 28.9. The van der Waals surface area contributed by atoms with Crippen LogP contribution in [0, 0.1) is 11.3 Å². The third kappa shape index (κ3) is 3.65. The van der Waals surface area contributed by atoms with Crippen molar-refractivity contribution in [3.05, 3.63) is 35.9 Å². The number of carbonyl (C=O) groups is 2. The highest BCUT2D eigenvalue weighted by Crippen LogP contribution is 2.19. The van der Waals surface area contributed by atoms with Crippen molar-refractivity contribution in [2.45, 2.75) is 31.7 Å². The van der Waals surface area contributed by atoms with E-state index in [9.17, 15) is 9.59 Å². The van der Waals surface area contributed by atoms with Crippen molar-refractivity contribution < 1.29 is 14.4 Å². The van der Waals surface area contributed by atoms with Gasteiger partial charge in [-0.15, -0.1) is 5.06 Å². The lowest BCUT2D eigenvalue weighted by Gasteiger charge is -2.21. The second-order valence-corrected chi connectivity index (χ2v) is 4.73.